The first kappa shape index (κ1) is 22.2. The van der Waals surface area contributed by atoms with E-state index in [9.17, 15) is 14.4 Å². The summed E-state index contributed by atoms with van der Waals surface area (Å²) < 4.78 is 14.7. The van der Waals surface area contributed by atoms with Gasteiger partial charge in [0.1, 0.15) is 11.4 Å². The van der Waals surface area contributed by atoms with Gasteiger partial charge in [-0.2, -0.15) is 4.73 Å². The Hall–Kier alpha value is -2.51. The Kier molecular flexibility index (Phi) is 7.76. The van der Waals surface area contributed by atoms with Crippen molar-refractivity contribution in [3.63, 3.8) is 0 Å². The molecule has 2 aromatic rings. The van der Waals surface area contributed by atoms with Crippen LogP contribution >= 0.6 is 0 Å². The smallest absolute Gasteiger partial charge is 0.260 e. The van der Waals surface area contributed by atoms with Crippen LogP contribution in [0.5, 0.6) is 0 Å². The van der Waals surface area contributed by atoms with Gasteiger partial charge in [0.05, 0.1) is 0 Å². The van der Waals surface area contributed by atoms with Crippen molar-refractivity contribution in [1.82, 2.24) is 14.7 Å². The molecule has 1 atom stereocenters. The summed E-state index contributed by atoms with van der Waals surface area (Å²) in [5.74, 6) is 0.0328. The molecule has 30 heavy (non-hydrogen) atoms. The van der Waals surface area contributed by atoms with Gasteiger partial charge in [0.15, 0.2) is 12.4 Å². The summed E-state index contributed by atoms with van der Waals surface area (Å²) in [7, 11) is 3.96. The lowest BCUT2D eigenvalue weighted by atomic mass is 9.96. The molecule has 2 heterocycles. The van der Waals surface area contributed by atoms with Crippen molar-refractivity contribution in [3.8, 4) is 0 Å². The third kappa shape index (κ3) is 6.24. The van der Waals surface area contributed by atoms with Crippen LogP contribution in [0.3, 0.4) is 0 Å². The molecule has 0 spiro atoms. The van der Waals surface area contributed by atoms with E-state index in [2.05, 4.69) is 4.90 Å². The van der Waals surface area contributed by atoms with Crippen LogP contribution in [0.2, 0.25) is 0 Å². The summed E-state index contributed by atoms with van der Waals surface area (Å²) in [6, 6.07) is 10.2. The van der Waals surface area contributed by atoms with Gasteiger partial charge in [-0.3, -0.25) is 9.69 Å². The predicted octanol–water partition coefficient (Wildman–Crippen LogP) is 2.38. The summed E-state index contributed by atoms with van der Waals surface area (Å²) in [5.41, 5.74) is 1.12. The second kappa shape index (κ2) is 10.5. The number of hydrogen-bond donors (Lipinski definition) is 0. The molecule has 1 amide bonds. The maximum atomic E-state index is 14.0. The number of hydrogen-bond acceptors (Lipinski definition) is 4. The lowest BCUT2D eigenvalue weighted by Crippen LogP contribution is -2.45. The standard InChI is InChI=1S/C23H31FN4O2/c1-25(2)13-14-27(23(29)21-9-6-12-28(30)18-21)16-19-7-5-11-26(15-19)17-20-8-3-4-10-22(20)24/h3-4,6,8-10,12,18-19H,5,7,11,13-17H2,1-2H3/t19-/m0/s1. The molecule has 1 aliphatic rings. The molecule has 1 aromatic heterocycles. The van der Waals surface area contributed by atoms with Gasteiger partial charge < -0.3 is 15.0 Å². The summed E-state index contributed by atoms with van der Waals surface area (Å²) in [6.45, 7) is 4.34. The summed E-state index contributed by atoms with van der Waals surface area (Å²) in [4.78, 5) is 19.3. The lowest BCUT2D eigenvalue weighted by molar-refractivity contribution is -0.605. The molecule has 0 unspecified atom stereocenters. The Bertz CT molecular complexity index is 845. The minimum atomic E-state index is -0.169. The minimum absolute atomic E-state index is 0.117. The minimum Gasteiger partial charge on any atom is -0.619 e. The van der Waals surface area contributed by atoms with Crippen molar-refractivity contribution in [1.29, 1.82) is 0 Å². The average molecular weight is 415 g/mol. The van der Waals surface area contributed by atoms with Gasteiger partial charge in [0.2, 0.25) is 0 Å². The Morgan fingerprint density at radius 2 is 2.03 bits per heavy atom. The molecule has 0 N–H and O–H groups in total. The maximum Gasteiger partial charge on any atom is 0.260 e. The molecule has 1 saturated heterocycles. The first-order valence-corrected chi connectivity index (χ1v) is 10.5. The Morgan fingerprint density at radius 1 is 1.23 bits per heavy atom. The SMILES string of the molecule is CN(C)CCN(C[C@H]1CCCN(Cc2ccccc2F)C1)C(=O)c1ccc[n+]([O-])c1. The number of amides is 1. The van der Waals surface area contributed by atoms with Crippen molar-refractivity contribution in [2.24, 2.45) is 5.92 Å². The zero-order chi connectivity index (χ0) is 21.5. The number of pyridine rings is 1. The first-order chi connectivity index (χ1) is 14.4. The molecule has 1 aromatic carbocycles. The van der Waals surface area contributed by atoms with Crippen LogP contribution in [0.1, 0.15) is 28.8 Å². The highest BCUT2D eigenvalue weighted by atomic mass is 19.1. The zero-order valence-corrected chi connectivity index (χ0v) is 17.8. The van der Waals surface area contributed by atoms with E-state index in [1.54, 1.807) is 18.2 Å². The molecule has 7 heteroatoms. The van der Waals surface area contributed by atoms with Gasteiger partial charge in [-0.05, 0) is 51.5 Å². The number of piperidine rings is 1. The number of rotatable bonds is 8. The zero-order valence-electron chi connectivity index (χ0n) is 17.8. The molecular weight excluding hydrogens is 383 g/mol. The lowest BCUT2D eigenvalue weighted by Gasteiger charge is -2.36. The van der Waals surface area contributed by atoms with Crippen molar-refractivity contribution in [2.75, 3.05) is 46.8 Å². The molecule has 3 rings (SSSR count). The topological polar surface area (TPSA) is 53.7 Å². The van der Waals surface area contributed by atoms with E-state index in [-0.39, 0.29) is 11.7 Å². The molecule has 0 saturated carbocycles. The molecule has 0 bridgehead atoms. The third-order valence-electron chi connectivity index (χ3n) is 5.56. The normalized spacial score (nSPS) is 17.3. The van der Waals surface area contributed by atoms with E-state index in [4.69, 9.17) is 0 Å². The third-order valence-corrected chi connectivity index (χ3v) is 5.56. The van der Waals surface area contributed by atoms with Gasteiger partial charge in [-0.25, -0.2) is 4.39 Å². The van der Waals surface area contributed by atoms with Gasteiger partial charge >= 0.3 is 0 Å². The van der Waals surface area contributed by atoms with Crippen molar-refractivity contribution in [3.05, 3.63) is 70.9 Å². The fourth-order valence-electron chi connectivity index (χ4n) is 3.98. The fraction of sp³-hybridized carbons (Fsp3) is 0.478. The molecule has 1 fully saturated rings. The molecule has 0 aliphatic carbocycles. The van der Waals surface area contributed by atoms with Crippen LogP contribution in [-0.2, 0) is 6.54 Å². The fourth-order valence-corrected chi connectivity index (χ4v) is 3.98. The Labute approximate surface area is 178 Å². The number of nitrogens with zero attached hydrogens (tertiary/aromatic N) is 4. The van der Waals surface area contributed by atoms with E-state index in [1.807, 2.05) is 36.0 Å². The van der Waals surface area contributed by atoms with Crippen LogP contribution in [0.15, 0.2) is 48.8 Å². The predicted molar refractivity (Wildman–Crippen MR) is 114 cm³/mol. The van der Waals surface area contributed by atoms with E-state index in [0.29, 0.717) is 41.4 Å². The van der Waals surface area contributed by atoms with Crippen LogP contribution in [0.25, 0.3) is 0 Å². The number of halogens is 1. The van der Waals surface area contributed by atoms with Crippen LogP contribution < -0.4 is 4.73 Å². The highest BCUT2D eigenvalue weighted by molar-refractivity contribution is 5.93. The highest BCUT2D eigenvalue weighted by Crippen LogP contribution is 2.21. The number of likely N-dealkylation sites (tertiary alicyclic amines) is 1. The largest absolute Gasteiger partial charge is 0.619 e. The van der Waals surface area contributed by atoms with Gasteiger partial charge in [-0.1, -0.05) is 18.2 Å². The monoisotopic (exact) mass is 414 g/mol. The maximum absolute atomic E-state index is 14.0. The van der Waals surface area contributed by atoms with Crippen molar-refractivity contribution in [2.45, 2.75) is 19.4 Å². The number of likely N-dealkylation sites (N-methyl/N-ethyl adjacent to an activating group) is 1. The number of carbonyl (C=O) groups excluding carboxylic acids is 1. The molecule has 6 nitrogen and oxygen atoms in total. The van der Waals surface area contributed by atoms with E-state index >= 15 is 0 Å². The van der Waals surface area contributed by atoms with Crippen LogP contribution in [0, 0.1) is 16.9 Å². The van der Waals surface area contributed by atoms with Gasteiger partial charge in [0.25, 0.3) is 5.91 Å². The summed E-state index contributed by atoms with van der Waals surface area (Å²) >= 11 is 0. The second-order valence-corrected chi connectivity index (χ2v) is 8.34. The van der Waals surface area contributed by atoms with Crippen molar-refractivity contribution >= 4 is 5.91 Å². The Balaban J connectivity index is 1.67. The van der Waals surface area contributed by atoms with E-state index in [0.717, 1.165) is 32.5 Å². The average Bonchev–Trinajstić information content (AvgIpc) is 2.72. The van der Waals surface area contributed by atoms with Crippen LogP contribution in [0.4, 0.5) is 4.39 Å². The van der Waals surface area contributed by atoms with E-state index < -0.39 is 0 Å². The first-order valence-electron chi connectivity index (χ1n) is 10.5. The summed E-state index contributed by atoms with van der Waals surface area (Å²) in [6.07, 6.45) is 4.77. The van der Waals surface area contributed by atoms with E-state index in [1.165, 1.54) is 18.5 Å². The molecule has 1 aliphatic heterocycles. The molecular formula is C23H31FN4O2. The number of aromatic nitrogens is 1. The number of benzene rings is 1. The van der Waals surface area contributed by atoms with Crippen LogP contribution in [-0.4, -0.2) is 67.4 Å². The highest BCUT2D eigenvalue weighted by Gasteiger charge is 2.26. The van der Waals surface area contributed by atoms with Gasteiger partial charge in [-0.15, -0.1) is 0 Å². The van der Waals surface area contributed by atoms with Gasteiger partial charge in [0, 0.05) is 44.4 Å². The number of carbonyl (C=O) groups is 1. The Morgan fingerprint density at radius 3 is 2.77 bits per heavy atom. The second-order valence-electron chi connectivity index (χ2n) is 8.34. The quantitative estimate of drug-likeness (QED) is 0.492. The summed E-state index contributed by atoms with van der Waals surface area (Å²) in [5, 5.41) is 11.6. The molecule has 0 radical (unpaired) electrons. The molecule has 162 valence electrons. The van der Waals surface area contributed by atoms with Crippen molar-refractivity contribution < 1.29 is 13.9 Å².